The summed E-state index contributed by atoms with van der Waals surface area (Å²) in [7, 11) is -3.83. The molecule has 0 aromatic heterocycles. The highest BCUT2D eigenvalue weighted by molar-refractivity contribution is 7.89. The average Bonchev–Trinajstić information content (AvgIpc) is 2.53. The normalized spacial score (nSPS) is 11.0. The van der Waals surface area contributed by atoms with Gasteiger partial charge in [0.25, 0.3) is 10.0 Å². The Morgan fingerprint density at radius 2 is 1.70 bits per heavy atom. The van der Waals surface area contributed by atoms with Gasteiger partial charge in [0.05, 0.1) is 4.90 Å². The molecule has 0 saturated heterocycles. The summed E-state index contributed by atoms with van der Waals surface area (Å²) in [4.78, 5) is 2.04. The van der Waals surface area contributed by atoms with E-state index < -0.39 is 15.8 Å². The van der Waals surface area contributed by atoms with Crippen LogP contribution in [0.4, 0.5) is 4.39 Å². The molecule has 0 radical (unpaired) electrons. The third-order valence-electron chi connectivity index (χ3n) is 2.79. The van der Waals surface area contributed by atoms with Crippen molar-refractivity contribution in [1.82, 2.24) is 15.6 Å². The van der Waals surface area contributed by atoms with E-state index >= 15 is 0 Å². The van der Waals surface area contributed by atoms with Crippen molar-refractivity contribution in [3.8, 4) is 0 Å². The number of hydrogen-bond donors (Lipinski definition) is 3. The average molecular weight is 374 g/mol. The number of hydrogen-bond acceptors (Lipinski definition) is 3. The maximum atomic E-state index is 12.8. The zero-order valence-corrected chi connectivity index (χ0v) is 14.1. The number of rotatable bonds is 5. The molecule has 0 saturated carbocycles. The van der Waals surface area contributed by atoms with Crippen molar-refractivity contribution in [1.29, 1.82) is 0 Å². The second-order valence-electron chi connectivity index (χ2n) is 4.49. The second kappa shape index (κ2) is 7.69. The molecule has 0 unspecified atom stereocenters. The standard InChI is InChI=1S/C14H13ClFN3O2S2/c15-11-3-1-10(2-4-11)9-17-14(22)18-19-23(20,21)13-7-5-12(16)6-8-13/h1-8,19H,9H2,(H2,17,18,22). The number of halogens is 2. The van der Waals surface area contributed by atoms with Crippen LogP contribution in [-0.4, -0.2) is 13.5 Å². The molecule has 9 heteroatoms. The van der Waals surface area contributed by atoms with Crippen LogP contribution in [0.2, 0.25) is 5.02 Å². The summed E-state index contributed by atoms with van der Waals surface area (Å²) < 4.78 is 36.7. The predicted octanol–water partition coefficient (Wildman–Crippen LogP) is 2.34. The van der Waals surface area contributed by atoms with Gasteiger partial charge in [-0.1, -0.05) is 23.7 Å². The monoisotopic (exact) mass is 373 g/mol. The van der Waals surface area contributed by atoms with Crippen LogP contribution in [0.5, 0.6) is 0 Å². The minimum Gasteiger partial charge on any atom is -0.358 e. The molecule has 0 spiro atoms. The molecule has 0 atom stereocenters. The Bertz CT molecular complexity index is 781. The Kier molecular flexibility index (Phi) is 5.89. The van der Waals surface area contributed by atoms with E-state index in [2.05, 4.69) is 15.6 Å². The maximum absolute atomic E-state index is 12.8. The lowest BCUT2D eigenvalue weighted by atomic mass is 10.2. The third-order valence-corrected chi connectivity index (χ3v) is 4.55. The third kappa shape index (κ3) is 5.43. The van der Waals surface area contributed by atoms with Crippen molar-refractivity contribution in [3.63, 3.8) is 0 Å². The van der Waals surface area contributed by atoms with E-state index in [1.54, 1.807) is 12.1 Å². The highest BCUT2D eigenvalue weighted by Crippen LogP contribution is 2.09. The summed E-state index contributed by atoms with van der Waals surface area (Å²) in [6.07, 6.45) is 0. The lowest BCUT2D eigenvalue weighted by Gasteiger charge is -2.12. The summed E-state index contributed by atoms with van der Waals surface area (Å²) in [6.45, 7) is 0.404. The van der Waals surface area contributed by atoms with E-state index in [0.29, 0.717) is 11.6 Å². The van der Waals surface area contributed by atoms with Crippen LogP contribution >= 0.6 is 23.8 Å². The van der Waals surface area contributed by atoms with Gasteiger partial charge >= 0.3 is 0 Å². The summed E-state index contributed by atoms with van der Waals surface area (Å²) in [5, 5.41) is 3.57. The van der Waals surface area contributed by atoms with E-state index in [1.165, 1.54) is 0 Å². The summed E-state index contributed by atoms with van der Waals surface area (Å²) >= 11 is 10.8. The smallest absolute Gasteiger partial charge is 0.257 e. The first-order valence-corrected chi connectivity index (χ1v) is 8.69. The molecule has 0 amide bonds. The van der Waals surface area contributed by atoms with Crippen molar-refractivity contribution in [2.24, 2.45) is 0 Å². The van der Waals surface area contributed by atoms with Crippen molar-refractivity contribution in [2.75, 3.05) is 0 Å². The molecule has 5 nitrogen and oxygen atoms in total. The Hall–Kier alpha value is -1.74. The van der Waals surface area contributed by atoms with E-state index in [4.69, 9.17) is 23.8 Å². The van der Waals surface area contributed by atoms with Gasteiger partial charge in [-0.05, 0) is 54.2 Å². The molecule has 2 aromatic rings. The van der Waals surface area contributed by atoms with Crippen LogP contribution in [0.3, 0.4) is 0 Å². The molecule has 0 aliphatic heterocycles. The number of hydrazine groups is 1. The topological polar surface area (TPSA) is 70.2 Å². The Balaban J connectivity index is 1.86. The van der Waals surface area contributed by atoms with Gasteiger partial charge in [-0.15, -0.1) is 4.83 Å². The zero-order valence-electron chi connectivity index (χ0n) is 11.7. The van der Waals surface area contributed by atoms with Crippen molar-refractivity contribution in [3.05, 3.63) is 64.9 Å². The van der Waals surface area contributed by atoms with Crippen molar-refractivity contribution < 1.29 is 12.8 Å². The number of sulfonamides is 1. The first kappa shape index (κ1) is 17.6. The SMILES string of the molecule is O=S(=O)(NNC(=S)NCc1ccc(Cl)cc1)c1ccc(F)cc1. The van der Waals surface area contributed by atoms with Gasteiger partial charge in [-0.3, -0.25) is 5.43 Å². The fourth-order valence-electron chi connectivity index (χ4n) is 1.61. The fourth-order valence-corrected chi connectivity index (χ4v) is 2.78. The number of benzene rings is 2. The molecule has 3 N–H and O–H groups in total. The lowest BCUT2D eigenvalue weighted by molar-refractivity contribution is 0.575. The van der Waals surface area contributed by atoms with Gasteiger partial charge in [-0.2, -0.15) is 0 Å². The zero-order chi connectivity index (χ0) is 16.9. The molecule has 0 bridgehead atoms. The molecular formula is C14H13ClFN3O2S2. The molecule has 2 rings (SSSR count). The van der Waals surface area contributed by atoms with Crippen LogP contribution < -0.4 is 15.6 Å². The maximum Gasteiger partial charge on any atom is 0.257 e. The molecule has 0 fully saturated rings. The Morgan fingerprint density at radius 3 is 2.30 bits per heavy atom. The second-order valence-corrected chi connectivity index (χ2v) is 7.02. The Morgan fingerprint density at radius 1 is 1.09 bits per heavy atom. The fraction of sp³-hybridized carbons (Fsp3) is 0.0714. The van der Waals surface area contributed by atoms with Gasteiger partial charge in [0, 0.05) is 11.6 Å². The van der Waals surface area contributed by atoms with E-state index in [1.807, 2.05) is 12.1 Å². The molecule has 0 aliphatic rings. The predicted molar refractivity (Wildman–Crippen MR) is 90.7 cm³/mol. The van der Waals surface area contributed by atoms with Crippen LogP contribution in [0.1, 0.15) is 5.56 Å². The first-order chi connectivity index (χ1) is 10.9. The van der Waals surface area contributed by atoms with E-state index in [0.717, 1.165) is 29.8 Å². The molecule has 0 aliphatic carbocycles. The first-order valence-electron chi connectivity index (χ1n) is 6.42. The molecular weight excluding hydrogens is 361 g/mol. The summed E-state index contributed by atoms with van der Waals surface area (Å²) in [5.74, 6) is -0.517. The van der Waals surface area contributed by atoms with E-state index in [-0.39, 0.29) is 10.0 Å². The van der Waals surface area contributed by atoms with Gasteiger partial charge in [0.15, 0.2) is 5.11 Å². The number of nitrogens with one attached hydrogen (secondary N) is 3. The highest BCUT2D eigenvalue weighted by atomic mass is 35.5. The Labute approximate surface area is 143 Å². The van der Waals surface area contributed by atoms with Crippen LogP contribution in [0.15, 0.2) is 53.4 Å². The van der Waals surface area contributed by atoms with Gasteiger partial charge in [0.1, 0.15) is 5.82 Å². The van der Waals surface area contributed by atoms with Gasteiger partial charge in [0.2, 0.25) is 0 Å². The summed E-state index contributed by atoms with van der Waals surface area (Å²) in [6, 6.07) is 11.6. The van der Waals surface area contributed by atoms with Crippen LogP contribution in [0.25, 0.3) is 0 Å². The lowest BCUT2D eigenvalue weighted by Crippen LogP contribution is -2.46. The number of thiocarbonyl (C=S) groups is 1. The molecule has 23 heavy (non-hydrogen) atoms. The summed E-state index contributed by atoms with van der Waals surface area (Å²) in [5.41, 5.74) is 3.31. The van der Waals surface area contributed by atoms with Crippen molar-refractivity contribution in [2.45, 2.75) is 11.4 Å². The van der Waals surface area contributed by atoms with E-state index in [9.17, 15) is 12.8 Å². The quantitative estimate of drug-likeness (QED) is 0.554. The molecule has 0 heterocycles. The largest absolute Gasteiger partial charge is 0.358 e. The van der Waals surface area contributed by atoms with Crippen molar-refractivity contribution >= 4 is 39.0 Å². The van der Waals surface area contributed by atoms with Gasteiger partial charge < -0.3 is 5.32 Å². The van der Waals surface area contributed by atoms with Gasteiger partial charge in [-0.25, -0.2) is 12.8 Å². The molecule has 2 aromatic carbocycles. The minimum atomic E-state index is -3.83. The minimum absolute atomic E-state index is 0.0769. The van der Waals surface area contributed by atoms with Crippen LogP contribution in [-0.2, 0) is 16.6 Å². The van der Waals surface area contributed by atoms with Crippen LogP contribution in [0, 0.1) is 5.82 Å². The highest BCUT2D eigenvalue weighted by Gasteiger charge is 2.13. The molecule has 122 valence electrons.